The summed E-state index contributed by atoms with van der Waals surface area (Å²) in [5.41, 5.74) is 1.19. The first kappa shape index (κ1) is 18.1. The Labute approximate surface area is 152 Å². The number of amides is 1. The van der Waals surface area contributed by atoms with Crippen molar-refractivity contribution < 1.29 is 14.3 Å². The van der Waals surface area contributed by atoms with Crippen LogP contribution in [-0.2, 0) is 9.53 Å². The van der Waals surface area contributed by atoms with Gasteiger partial charge in [0.2, 0.25) is 5.91 Å². The maximum absolute atomic E-state index is 12.7. The molecule has 2 aromatic rings. The molecule has 1 atom stereocenters. The smallest absolute Gasteiger partial charge is 0.267 e. The van der Waals surface area contributed by atoms with Gasteiger partial charge >= 0.3 is 0 Å². The first-order chi connectivity index (χ1) is 12.6. The lowest BCUT2D eigenvalue weighted by Gasteiger charge is -2.29. The quantitative estimate of drug-likeness (QED) is 0.815. The molecule has 1 saturated heterocycles. The Morgan fingerprint density at radius 1 is 1.19 bits per heavy atom. The van der Waals surface area contributed by atoms with Gasteiger partial charge in [-0.15, -0.1) is 0 Å². The Morgan fingerprint density at radius 3 is 2.54 bits per heavy atom. The van der Waals surface area contributed by atoms with Gasteiger partial charge in [-0.05, 0) is 44.2 Å². The molecule has 1 amide bonds. The molecule has 0 bridgehead atoms. The van der Waals surface area contributed by atoms with Gasteiger partial charge in [0.25, 0.3) is 5.56 Å². The third-order valence-electron chi connectivity index (χ3n) is 4.33. The van der Waals surface area contributed by atoms with Gasteiger partial charge in [0.05, 0.1) is 25.5 Å². The number of ether oxygens (including phenoxy) is 2. The van der Waals surface area contributed by atoms with Crippen LogP contribution in [0.15, 0.2) is 41.2 Å². The molecule has 1 aromatic heterocycles. The van der Waals surface area contributed by atoms with Gasteiger partial charge in [-0.2, -0.15) is 5.10 Å². The summed E-state index contributed by atoms with van der Waals surface area (Å²) in [4.78, 5) is 26.6. The molecule has 1 aliphatic rings. The van der Waals surface area contributed by atoms with Crippen LogP contribution in [0.25, 0.3) is 11.3 Å². The SMILES string of the molecule is CCOc1ccc(-c2ccc(=O)n([C@@H](C)C(=O)N3CCOCC3)n2)cc1. The van der Waals surface area contributed by atoms with Crippen molar-refractivity contribution in [1.29, 1.82) is 0 Å². The molecule has 7 nitrogen and oxygen atoms in total. The van der Waals surface area contributed by atoms with Crippen molar-refractivity contribution in [2.45, 2.75) is 19.9 Å². The molecule has 1 aromatic carbocycles. The van der Waals surface area contributed by atoms with Crippen molar-refractivity contribution in [2.75, 3.05) is 32.9 Å². The van der Waals surface area contributed by atoms with E-state index in [1.54, 1.807) is 17.9 Å². The largest absolute Gasteiger partial charge is 0.494 e. The predicted molar refractivity (Wildman–Crippen MR) is 97.2 cm³/mol. The normalized spacial score (nSPS) is 15.5. The molecule has 7 heteroatoms. The molecule has 2 heterocycles. The van der Waals surface area contributed by atoms with E-state index in [1.165, 1.54) is 10.7 Å². The number of carbonyl (C=O) groups is 1. The third kappa shape index (κ3) is 3.94. The molecule has 26 heavy (non-hydrogen) atoms. The number of benzene rings is 1. The lowest BCUT2D eigenvalue weighted by molar-refractivity contribution is -0.138. The summed E-state index contributed by atoms with van der Waals surface area (Å²) in [5, 5.41) is 4.42. The zero-order valence-electron chi connectivity index (χ0n) is 15.1. The van der Waals surface area contributed by atoms with Crippen LogP contribution in [0.4, 0.5) is 0 Å². The minimum absolute atomic E-state index is 0.119. The number of hydrogen-bond acceptors (Lipinski definition) is 5. The van der Waals surface area contributed by atoms with Gasteiger partial charge in [-0.25, -0.2) is 4.68 Å². The molecule has 3 rings (SSSR count). The van der Waals surface area contributed by atoms with Crippen LogP contribution in [0.5, 0.6) is 5.75 Å². The Kier molecular flexibility index (Phi) is 5.68. The highest BCUT2D eigenvalue weighted by Crippen LogP contribution is 2.20. The van der Waals surface area contributed by atoms with Gasteiger partial charge < -0.3 is 14.4 Å². The average Bonchev–Trinajstić information content (AvgIpc) is 2.69. The molecule has 0 N–H and O–H groups in total. The molecular weight excluding hydrogens is 334 g/mol. The minimum Gasteiger partial charge on any atom is -0.494 e. The zero-order chi connectivity index (χ0) is 18.5. The fraction of sp³-hybridized carbons (Fsp3) is 0.421. The molecule has 0 spiro atoms. The van der Waals surface area contributed by atoms with E-state index in [-0.39, 0.29) is 11.5 Å². The van der Waals surface area contributed by atoms with Crippen LogP contribution in [-0.4, -0.2) is 53.5 Å². The number of rotatable bonds is 5. The van der Waals surface area contributed by atoms with Gasteiger partial charge in [0.15, 0.2) is 0 Å². The van der Waals surface area contributed by atoms with Gasteiger partial charge in [0.1, 0.15) is 11.8 Å². The third-order valence-corrected chi connectivity index (χ3v) is 4.33. The summed E-state index contributed by atoms with van der Waals surface area (Å²) >= 11 is 0. The Balaban J connectivity index is 1.84. The Morgan fingerprint density at radius 2 is 1.88 bits per heavy atom. The van der Waals surface area contributed by atoms with E-state index in [1.807, 2.05) is 31.2 Å². The Hall–Kier alpha value is -2.67. The van der Waals surface area contributed by atoms with Crippen LogP contribution in [0.1, 0.15) is 19.9 Å². The first-order valence-corrected chi connectivity index (χ1v) is 8.80. The highest BCUT2D eigenvalue weighted by molar-refractivity contribution is 5.80. The highest BCUT2D eigenvalue weighted by atomic mass is 16.5. The molecule has 0 aliphatic carbocycles. The van der Waals surface area contributed by atoms with Crippen molar-refractivity contribution in [1.82, 2.24) is 14.7 Å². The maximum Gasteiger partial charge on any atom is 0.267 e. The number of carbonyl (C=O) groups excluding carboxylic acids is 1. The van der Waals surface area contributed by atoms with Gasteiger partial charge in [0, 0.05) is 24.7 Å². The predicted octanol–water partition coefficient (Wildman–Crippen LogP) is 1.73. The van der Waals surface area contributed by atoms with E-state index >= 15 is 0 Å². The van der Waals surface area contributed by atoms with Crippen LogP contribution >= 0.6 is 0 Å². The summed E-state index contributed by atoms with van der Waals surface area (Å²) < 4.78 is 12.0. The standard InChI is InChI=1S/C19H23N3O4/c1-3-26-16-6-4-15(5-7-16)17-8-9-18(23)22(20-17)14(2)19(24)21-10-12-25-13-11-21/h4-9,14H,3,10-13H2,1-2H3/t14-/m0/s1. The summed E-state index contributed by atoms with van der Waals surface area (Å²) in [6.07, 6.45) is 0. The average molecular weight is 357 g/mol. The molecule has 0 saturated carbocycles. The summed E-state index contributed by atoms with van der Waals surface area (Å²) in [5.74, 6) is 0.659. The number of nitrogens with zero attached hydrogens (tertiary/aromatic N) is 3. The molecule has 1 fully saturated rings. The van der Waals surface area contributed by atoms with Gasteiger partial charge in [-0.1, -0.05) is 0 Å². The zero-order valence-corrected chi connectivity index (χ0v) is 15.1. The molecule has 1 aliphatic heterocycles. The topological polar surface area (TPSA) is 73.7 Å². The van der Waals surface area contributed by atoms with Crippen LogP contribution in [0, 0.1) is 0 Å². The van der Waals surface area contributed by atoms with E-state index in [9.17, 15) is 9.59 Å². The van der Waals surface area contributed by atoms with E-state index < -0.39 is 6.04 Å². The number of aromatic nitrogens is 2. The van der Waals surface area contributed by atoms with Gasteiger partial charge in [-0.3, -0.25) is 9.59 Å². The lowest BCUT2D eigenvalue weighted by Crippen LogP contribution is -2.45. The van der Waals surface area contributed by atoms with E-state index in [4.69, 9.17) is 9.47 Å². The second-order valence-electron chi connectivity index (χ2n) is 6.07. The van der Waals surface area contributed by atoms with E-state index in [2.05, 4.69) is 5.10 Å². The van der Waals surface area contributed by atoms with Crippen molar-refractivity contribution in [3.63, 3.8) is 0 Å². The molecule has 0 unspecified atom stereocenters. The van der Waals surface area contributed by atoms with Crippen LogP contribution in [0.2, 0.25) is 0 Å². The van der Waals surface area contributed by atoms with Crippen molar-refractivity contribution in [3.05, 3.63) is 46.8 Å². The molecular formula is C19H23N3O4. The summed E-state index contributed by atoms with van der Waals surface area (Å²) in [6.45, 7) is 6.35. The fourth-order valence-electron chi connectivity index (χ4n) is 2.90. The first-order valence-electron chi connectivity index (χ1n) is 8.80. The van der Waals surface area contributed by atoms with Crippen molar-refractivity contribution in [3.8, 4) is 17.0 Å². The van der Waals surface area contributed by atoms with E-state index in [0.717, 1.165) is 11.3 Å². The van der Waals surface area contributed by atoms with Crippen molar-refractivity contribution >= 4 is 5.91 Å². The maximum atomic E-state index is 12.7. The number of hydrogen-bond donors (Lipinski definition) is 0. The molecule has 138 valence electrons. The molecule has 0 radical (unpaired) electrons. The van der Waals surface area contributed by atoms with E-state index in [0.29, 0.717) is 38.6 Å². The minimum atomic E-state index is -0.664. The lowest BCUT2D eigenvalue weighted by atomic mass is 10.1. The van der Waals surface area contributed by atoms with Crippen molar-refractivity contribution in [2.24, 2.45) is 0 Å². The summed E-state index contributed by atoms with van der Waals surface area (Å²) in [7, 11) is 0. The van der Waals surface area contributed by atoms with Crippen LogP contribution < -0.4 is 10.3 Å². The highest BCUT2D eigenvalue weighted by Gasteiger charge is 2.25. The monoisotopic (exact) mass is 357 g/mol. The summed E-state index contributed by atoms with van der Waals surface area (Å²) in [6, 6.07) is 9.94. The second kappa shape index (κ2) is 8.14. The fourth-order valence-corrected chi connectivity index (χ4v) is 2.90. The van der Waals surface area contributed by atoms with Crippen LogP contribution in [0.3, 0.4) is 0 Å². The number of morpholine rings is 1. The Bertz CT molecular complexity index is 810. The second-order valence-corrected chi connectivity index (χ2v) is 6.07.